The average Bonchev–Trinajstić information content (AvgIpc) is 2.69. The van der Waals surface area contributed by atoms with E-state index in [1.54, 1.807) is 46.2 Å². The minimum Gasteiger partial charge on any atom is -0.378 e. The van der Waals surface area contributed by atoms with E-state index in [9.17, 15) is 17.6 Å². The number of nitrogens with zero attached hydrogens (tertiary/aromatic N) is 4. The summed E-state index contributed by atoms with van der Waals surface area (Å²) in [5, 5.41) is 4.72. The number of aromatic nitrogens is 2. The van der Waals surface area contributed by atoms with Crippen molar-refractivity contribution in [2.45, 2.75) is 38.0 Å². The highest BCUT2D eigenvalue weighted by Crippen LogP contribution is 2.35. The van der Waals surface area contributed by atoms with Gasteiger partial charge in [-0.05, 0) is 57.4 Å². The fraction of sp³-hybridized carbons (Fsp3) is 0.333. The van der Waals surface area contributed by atoms with E-state index in [0.717, 1.165) is 0 Å². The number of carbonyl (C=O) groups excluding carboxylic acids is 1. The summed E-state index contributed by atoms with van der Waals surface area (Å²) < 4.78 is 43.3. The maximum atomic E-state index is 14.6. The smallest absolute Gasteiger partial charge is 0.275 e. The second-order valence-corrected chi connectivity index (χ2v) is 11.9. The first-order valence-electron chi connectivity index (χ1n) is 9.86. The van der Waals surface area contributed by atoms with Crippen LogP contribution in [0.3, 0.4) is 0 Å². The Morgan fingerprint density at radius 2 is 2.03 bits per heavy atom. The average molecular weight is 493 g/mol. The zero-order chi connectivity index (χ0) is 24.6. The molecule has 0 unspecified atom stereocenters. The Kier molecular flexibility index (Phi) is 6.53. The quantitative estimate of drug-likeness (QED) is 0.674. The highest BCUT2D eigenvalue weighted by Gasteiger charge is 2.30. The SMILES string of the molecule is Cn1cc(C(=O)Nc2ccc(F)c([C@]3(C)C=CSC(N)=N3)c2)nc/c1=N\S(=O)(=O)C(C)(C)C. The monoisotopic (exact) mass is 492 g/mol. The molecular formula is C21H25FN6O3S2. The van der Waals surface area contributed by atoms with Gasteiger partial charge in [0, 0.05) is 24.5 Å². The number of benzene rings is 1. The van der Waals surface area contributed by atoms with Gasteiger partial charge in [0.1, 0.15) is 17.1 Å². The molecule has 2 heterocycles. The third-order valence-corrected chi connectivity index (χ3v) is 7.49. The molecule has 3 rings (SSSR count). The molecule has 1 aromatic heterocycles. The van der Waals surface area contributed by atoms with Gasteiger partial charge >= 0.3 is 0 Å². The number of nitrogens with two attached hydrogens (primary N) is 1. The Balaban J connectivity index is 1.89. The molecule has 0 aliphatic carbocycles. The normalized spacial score (nSPS) is 19.3. The van der Waals surface area contributed by atoms with Gasteiger partial charge in [0.15, 0.2) is 10.7 Å². The van der Waals surface area contributed by atoms with Crippen LogP contribution in [0.4, 0.5) is 10.1 Å². The fourth-order valence-electron chi connectivity index (χ4n) is 2.83. The van der Waals surface area contributed by atoms with Crippen molar-refractivity contribution in [3.8, 4) is 0 Å². The number of hydrogen-bond acceptors (Lipinski definition) is 7. The molecule has 0 radical (unpaired) electrons. The third-order valence-electron chi connectivity index (χ3n) is 4.91. The number of amides is 1. The van der Waals surface area contributed by atoms with Crippen molar-refractivity contribution in [2.24, 2.45) is 22.2 Å². The summed E-state index contributed by atoms with van der Waals surface area (Å²) in [6, 6.07) is 4.16. The largest absolute Gasteiger partial charge is 0.378 e. The van der Waals surface area contributed by atoms with E-state index in [2.05, 4.69) is 19.7 Å². The predicted octanol–water partition coefficient (Wildman–Crippen LogP) is 2.63. The maximum Gasteiger partial charge on any atom is 0.275 e. The van der Waals surface area contributed by atoms with Crippen molar-refractivity contribution < 1.29 is 17.6 Å². The Hall–Kier alpha value is -2.99. The molecule has 0 saturated heterocycles. The van der Waals surface area contributed by atoms with Crippen LogP contribution in [0.2, 0.25) is 0 Å². The number of thioether (sulfide) groups is 1. The summed E-state index contributed by atoms with van der Waals surface area (Å²) in [6.45, 7) is 6.34. The molecule has 3 N–H and O–H groups in total. The molecule has 0 fully saturated rings. The van der Waals surface area contributed by atoms with Crippen molar-refractivity contribution in [3.63, 3.8) is 0 Å². The molecule has 176 valence electrons. The molecular weight excluding hydrogens is 467 g/mol. The molecule has 2 aromatic rings. The summed E-state index contributed by atoms with van der Waals surface area (Å²) >= 11 is 1.24. The lowest BCUT2D eigenvalue weighted by molar-refractivity contribution is 0.102. The number of rotatable bonds is 4. The summed E-state index contributed by atoms with van der Waals surface area (Å²) in [4.78, 5) is 21.1. The summed E-state index contributed by atoms with van der Waals surface area (Å²) in [7, 11) is -2.23. The van der Waals surface area contributed by atoms with Gasteiger partial charge < -0.3 is 15.6 Å². The minimum absolute atomic E-state index is 0.0259. The number of aryl methyl sites for hydroxylation is 1. The van der Waals surface area contributed by atoms with Gasteiger partial charge in [-0.3, -0.25) is 4.79 Å². The molecule has 0 bridgehead atoms. The second-order valence-electron chi connectivity index (χ2n) is 8.59. The number of anilines is 1. The van der Waals surface area contributed by atoms with Crippen LogP contribution in [0, 0.1) is 5.82 Å². The number of carbonyl (C=O) groups is 1. The highest BCUT2D eigenvalue weighted by molar-refractivity contribution is 8.16. The Labute approximate surface area is 195 Å². The zero-order valence-corrected chi connectivity index (χ0v) is 20.5. The molecule has 33 heavy (non-hydrogen) atoms. The molecule has 12 heteroatoms. The number of amidine groups is 1. The van der Waals surface area contributed by atoms with Crippen molar-refractivity contribution in [1.82, 2.24) is 9.55 Å². The molecule has 9 nitrogen and oxygen atoms in total. The zero-order valence-electron chi connectivity index (χ0n) is 18.8. The minimum atomic E-state index is -3.78. The Morgan fingerprint density at radius 3 is 2.64 bits per heavy atom. The number of halogens is 1. The number of aliphatic imine (C=N–C) groups is 1. The van der Waals surface area contributed by atoms with Gasteiger partial charge in [0.05, 0.1) is 10.9 Å². The van der Waals surface area contributed by atoms with Gasteiger partial charge in [-0.25, -0.2) is 22.8 Å². The summed E-state index contributed by atoms with van der Waals surface area (Å²) in [6.07, 6.45) is 4.30. The molecule has 1 atom stereocenters. The summed E-state index contributed by atoms with van der Waals surface area (Å²) in [5.41, 5.74) is 5.48. The first-order chi connectivity index (χ1) is 15.2. The van der Waals surface area contributed by atoms with Gasteiger partial charge in [0.2, 0.25) is 0 Å². The molecule has 1 aliphatic rings. The van der Waals surface area contributed by atoms with E-state index in [0.29, 0.717) is 10.9 Å². The molecule has 1 aliphatic heterocycles. The van der Waals surface area contributed by atoms with Crippen LogP contribution in [0.25, 0.3) is 0 Å². The lowest BCUT2D eigenvalue weighted by atomic mass is 9.92. The van der Waals surface area contributed by atoms with Crippen LogP contribution < -0.4 is 16.5 Å². The van der Waals surface area contributed by atoms with Crippen LogP contribution in [-0.2, 0) is 22.6 Å². The van der Waals surface area contributed by atoms with Gasteiger partial charge in [0.25, 0.3) is 15.9 Å². The Morgan fingerprint density at radius 1 is 1.33 bits per heavy atom. The van der Waals surface area contributed by atoms with E-state index in [-0.39, 0.29) is 16.7 Å². The first kappa shape index (κ1) is 24.6. The molecule has 0 saturated carbocycles. The highest BCUT2D eigenvalue weighted by atomic mass is 32.2. The lowest BCUT2D eigenvalue weighted by Gasteiger charge is -2.26. The van der Waals surface area contributed by atoms with Crippen molar-refractivity contribution in [3.05, 3.63) is 64.6 Å². The molecule has 1 aromatic carbocycles. The standard InChI is InChI=1S/C21H25FN6O3S2/c1-20(2,3)33(30,31)27-17-11-24-16(12-28(17)5)18(29)25-13-6-7-15(22)14(10-13)21(4)8-9-32-19(23)26-21/h6-12H,1-5H3,(H2,23,26)(H,25,29)/b27-17+/t21-/m0/s1. The first-order valence-corrected chi connectivity index (χ1v) is 12.2. The van der Waals surface area contributed by atoms with Crippen LogP contribution in [-0.4, -0.2) is 33.8 Å². The van der Waals surface area contributed by atoms with Crippen LogP contribution in [0.15, 0.2) is 51.5 Å². The van der Waals surface area contributed by atoms with Crippen molar-refractivity contribution >= 4 is 38.5 Å². The second kappa shape index (κ2) is 8.75. The van der Waals surface area contributed by atoms with Crippen molar-refractivity contribution in [1.29, 1.82) is 0 Å². The fourth-order valence-corrected chi connectivity index (χ4v) is 4.24. The van der Waals surface area contributed by atoms with Crippen LogP contribution >= 0.6 is 11.8 Å². The van der Waals surface area contributed by atoms with Gasteiger partial charge in [-0.15, -0.1) is 4.40 Å². The van der Waals surface area contributed by atoms with Crippen molar-refractivity contribution in [2.75, 3.05) is 5.32 Å². The van der Waals surface area contributed by atoms with Gasteiger partial charge in [-0.2, -0.15) is 0 Å². The number of sulfonamides is 1. The van der Waals surface area contributed by atoms with E-state index in [1.807, 2.05) is 0 Å². The lowest BCUT2D eigenvalue weighted by Crippen LogP contribution is -2.30. The predicted molar refractivity (Wildman–Crippen MR) is 128 cm³/mol. The molecule has 0 spiro atoms. The van der Waals surface area contributed by atoms with Crippen LogP contribution in [0.1, 0.15) is 43.7 Å². The maximum absolute atomic E-state index is 14.6. The third kappa shape index (κ3) is 5.33. The van der Waals surface area contributed by atoms with E-state index in [4.69, 9.17) is 5.73 Å². The van der Waals surface area contributed by atoms with Crippen LogP contribution in [0.5, 0.6) is 0 Å². The topological polar surface area (TPSA) is 132 Å². The number of nitrogens with one attached hydrogen (secondary N) is 1. The Bertz CT molecular complexity index is 1340. The molecule has 1 amide bonds. The number of hydrogen-bond donors (Lipinski definition) is 2. The van der Waals surface area contributed by atoms with E-state index < -0.39 is 32.0 Å². The summed E-state index contributed by atoms with van der Waals surface area (Å²) in [5.74, 6) is -1.05. The van der Waals surface area contributed by atoms with E-state index >= 15 is 0 Å². The van der Waals surface area contributed by atoms with Gasteiger partial charge in [-0.1, -0.05) is 11.8 Å². The van der Waals surface area contributed by atoms with E-state index in [1.165, 1.54) is 46.9 Å².